The third-order valence-corrected chi connectivity index (χ3v) is 5.23. The van der Waals surface area contributed by atoms with Crippen LogP contribution in [0.2, 0.25) is 0 Å². The number of anilines is 1. The summed E-state index contributed by atoms with van der Waals surface area (Å²) >= 11 is 0. The van der Waals surface area contributed by atoms with Crippen molar-refractivity contribution < 1.29 is 18.7 Å². The summed E-state index contributed by atoms with van der Waals surface area (Å²) in [6.07, 6.45) is 2.58. The van der Waals surface area contributed by atoms with Crippen LogP contribution in [0.25, 0.3) is 10.9 Å². The molecule has 2 fully saturated rings. The Labute approximate surface area is 131 Å². The first-order valence-electron chi connectivity index (χ1n) is 7.67. The van der Waals surface area contributed by atoms with Crippen LogP contribution in [-0.2, 0) is 0 Å². The van der Waals surface area contributed by atoms with Crippen molar-refractivity contribution in [2.45, 2.75) is 25.2 Å². The lowest BCUT2D eigenvalue weighted by Gasteiger charge is -2.52. The van der Waals surface area contributed by atoms with Gasteiger partial charge in [-0.25, -0.2) is 13.6 Å². The molecule has 6 heteroatoms. The summed E-state index contributed by atoms with van der Waals surface area (Å²) < 4.78 is 28.1. The molecule has 0 radical (unpaired) electrons. The highest BCUT2D eigenvalue weighted by Gasteiger charge is 2.62. The first-order valence-corrected chi connectivity index (χ1v) is 7.67. The first kappa shape index (κ1) is 14.4. The van der Waals surface area contributed by atoms with E-state index in [1.165, 1.54) is 12.3 Å². The van der Waals surface area contributed by atoms with Crippen molar-refractivity contribution in [2.75, 3.05) is 18.0 Å². The molecule has 2 aromatic rings. The Morgan fingerprint density at radius 1 is 1.22 bits per heavy atom. The smallest absolute Gasteiger partial charge is 0.336 e. The molecule has 0 unspecified atom stereocenters. The van der Waals surface area contributed by atoms with Gasteiger partial charge in [0.25, 0.3) is 5.92 Å². The minimum Gasteiger partial charge on any atom is -0.478 e. The van der Waals surface area contributed by atoms with Crippen LogP contribution in [-0.4, -0.2) is 35.1 Å². The predicted molar refractivity (Wildman–Crippen MR) is 82.1 cm³/mol. The molecule has 1 saturated carbocycles. The predicted octanol–water partition coefficient (Wildman–Crippen LogP) is 3.56. The molecular weight excluding hydrogens is 302 g/mol. The van der Waals surface area contributed by atoms with E-state index >= 15 is 0 Å². The van der Waals surface area contributed by atoms with E-state index in [9.17, 15) is 18.7 Å². The summed E-state index contributed by atoms with van der Waals surface area (Å²) in [5.74, 6) is -3.61. The van der Waals surface area contributed by atoms with E-state index in [0.29, 0.717) is 36.8 Å². The van der Waals surface area contributed by atoms with E-state index in [4.69, 9.17) is 0 Å². The molecule has 120 valence electrons. The molecule has 1 aromatic heterocycles. The van der Waals surface area contributed by atoms with Crippen LogP contribution < -0.4 is 4.90 Å². The Balaban J connectivity index is 1.67. The Bertz CT molecular complexity index is 800. The Kier molecular flexibility index (Phi) is 2.89. The van der Waals surface area contributed by atoms with Gasteiger partial charge in [0.15, 0.2) is 0 Å². The monoisotopic (exact) mass is 318 g/mol. The highest BCUT2D eigenvalue weighted by atomic mass is 19.3. The van der Waals surface area contributed by atoms with Gasteiger partial charge in [0.2, 0.25) is 0 Å². The van der Waals surface area contributed by atoms with Gasteiger partial charge in [-0.05, 0) is 37.1 Å². The number of halogens is 2. The molecule has 1 aromatic carbocycles. The summed E-state index contributed by atoms with van der Waals surface area (Å²) in [5.41, 5.74) is 0.654. The number of benzene rings is 1. The van der Waals surface area contributed by atoms with E-state index < -0.39 is 17.3 Å². The standard InChI is InChI=1S/C17H16F2N2O2/c18-17(19)6-1-5-16(17)9-21(10-16)11-2-3-14-13(8-11)12(15(22)23)4-7-20-14/h2-4,7-8H,1,5-6,9-10H2,(H,22,23). The lowest BCUT2D eigenvalue weighted by atomic mass is 9.75. The molecule has 1 aliphatic carbocycles. The Hall–Kier alpha value is -2.24. The molecular formula is C17H16F2N2O2. The minimum absolute atomic E-state index is 0.0222. The maximum atomic E-state index is 14.0. The summed E-state index contributed by atoms with van der Waals surface area (Å²) in [6, 6.07) is 6.76. The largest absolute Gasteiger partial charge is 0.478 e. The van der Waals surface area contributed by atoms with Crippen molar-refractivity contribution in [1.82, 2.24) is 4.98 Å². The van der Waals surface area contributed by atoms with E-state index in [-0.39, 0.29) is 12.0 Å². The van der Waals surface area contributed by atoms with E-state index in [0.717, 1.165) is 5.69 Å². The molecule has 4 rings (SSSR count). The van der Waals surface area contributed by atoms with Crippen molar-refractivity contribution in [1.29, 1.82) is 0 Å². The van der Waals surface area contributed by atoms with Gasteiger partial charge in [0.05, 0.1) is 16.5 Å². The second kappa shape index (κ2) is 4.63. The normalized spacial score (nSPS) is 21.6. The second-order valence-corrected chi connectivity index (χ2v) is 6.56. The topological polar surface area (TPSA) is 53.4 Å². The molecule has 23 heavy (non-hydrogen) atoms. The third-order valence-electron chi connectivity index (χ3n) is 5.23. The minimum atomic E-state index is -2.59. The maximum absolute atomic E-state index is 14.0. The van der Waals surface area contributed by atoms with Crippen LogP contribution in [0.3, 0.4) is 0 Å². The number of aromatic nitrogens is 1. The average molecular weight is 318 g/mol. The zero-order valence-corrected chi connectivity index (χ0v) is 12.4. The SMILES string of the molecule is O=C(O)c1ccnc2ccc(N3CC4(CCCC4(F)F)C3)cc12. The molecule has 2 aliphatic rings. The van der Waals surface area contributed by atoms with E-state index in [1.54, 1.807) is 12.1 Å². The summed E-state index contributed by atoms with van der Waals surface area (Å²) in [4.78, 5) is 17.4. The summed E-state index contributed by atoms with van der Waals surface area (Å²) in [5, 5.41) is 9.82. The van der Waals surface area contributed by atoms with Gasteiger partial charge in [-0.15, -0.1) is 0 Å². The van der Waals surface area contributed by atoms with Crippen LogP contribution in [0.15, 0.2) is 30.5 Å². The molecule has 0 atom stereocenters. The molecule has 1 aliphatic heterocycles. The van der Waals surface area contributed by atoms with Crippen LogP contribution in [0.4, 0.5) is 14.5 Å². The van der Waals surface area contributed by atoms with Gasteiger partial charge >= 0.3 is 5.97 Å². The molecule has 0 bridgehead atoms. The highest BCUT2D eigenvalue weighted by molar-refractivity contribution is 6.03. The Morgan fingerprint density at radius 2 is 2.00 bits per heavy atom. The number of pyridine rings is 1. The zero-order chi connectivity index (χ0) is 16.2. The number of carboxylic acids is 1. The molecule has 0 amide bonds. The third kappa shape index (κ3) is 2.00. The van der Waals surface area contributed by atoms with E-state index in [1.807, 2.05) is 11.0 Å². The number of aromatic carboxylic acids is 1. The number of nitrogens with zero attached hydrogens (tertiary/aromatic N) is 2. The fourth-order valence-electron chi connectivity index (χ4n) is 3.87. The lowest BCUT2D eigenvalue weighted by molar-refractivity contribution is -0.111. The molecule has 4 nitrogen and oxygen atoms in total. The van der Waals surface area contributed by atoms with Crippen LogP contribution in [0.5, 0.6) is 0 Å². The number of hydrogen-bond acceptors (Lipinski definition) is 3. The number of fused-ring (bicyclic) bond motifs is 1. The van der Waals surface area contributed by atoms with Crippen LogP contribution in [0.1, 0.15) is 29.6 Å². The molecule has 1 N–H and O–H groups in total. The van der Waals surface area contributed by atoms with Gasteiger partial charge in [-0.3, -0.25) is 4.98 Å². The number of hydrogen-bond donors (Lipinski definition) is 1. The lowest BCUT2D eigenvalue weighted by Crippen LogP contribution is -2.62. The Morgan fingerprint density at radius 3 is 2.65 bits per heavy atom. The molecule has 1 saturated heterocycles. The quantitative estimate of drug-likeness (QED) is 0.920. The summed E-state index contributed by atoms with van der Waals surface area (Å²) in [6.45, 7) is 0.655. The average Bonchev–Trinajstić information content (AvgIpc) is 2.79. The fraction of sp³-hybridized carbons (Fsp3) is 0.412. The van der Waals surface area contributed by atoms with Crippen molar-refractivity contribution in [3.05, 3.63) is 36.0 Å². The van der Waals surface area contributed by atoms with E-state index in [2.05, 4.69) is 4.98 Å². The zero-order valence-electron chi connectivity index (χ0n) is 12.4. The van der Waals surface area contributed by atoms with Gasteiger partial charge < -0.3 is 10.0 Å². The van der Waals surface area contributed by atoms with Gasteiger partial charge in [0.1, 0.15) is 0 Å². The van der Waals surface area contributed by atoms with Crippen molar-refractivity contribution in [3.63, 3.8) is 0 Å². The number of alkyl halides is 2. The van der Waals surface area contributed by atoms with Crippen LogP contribution >= 0.6 is 0 Å². The van der Waals surface area contributed by atoms with Gasteiger partial charge in [-0.2, -0.15) is 0 Å². The maximum Gasteiger partial charge on any atom is 0.336 e. The van der Waals surface area contributed by atoms with Crippen molar-refractivity contribution >= 4 is 22.6 Å². The van der Waals surface area contributed by atoms with Crippen molar-refractivity contribution in [3.8, 4) is 0 Å². The number of carboxylic acid groups (broad SMARTS) is 1. The van der Waals surface area contributed by atoms with Gasteiger partial charge in [-0.1, -0.05) is 0 Å². The second-order valence-electron chi connectivity index (χ2n) is 6.56. The van der Waals surface area contributed by atoms with Crippen LogP contribution in [0, 0.1) is 5.41 Å². The number of carbonyl (C=O) groups is 1. The molecule has 2 heterocycles. The highest BCUT2D eigenvalue weighted by Crippen LogP contribution is 2.56. The molecule has 1 spiro atoms. The number of rotatable bonds is 2. The van der Waals surface area contributed by atoms with Crippen molar-refractivity contribution in [2.24, 2.45) is 5.41 Å². The summed E-state index contributed by atoms with van der Waals surface area (Å²) in [7, 11) is 0. The first-order chi connectivity index (χ1) is 10.9. The fourth-order valence-corrected chi connectivity index (χ4v) is 3.87. The van der Waals surface area contributed by atoms with Gasteiger partial charge in [0, 0.05) is 36.8 Å².